The van der Waals surface area contributed by atoms with Gasteiger partial charge in [-0.15, -0.1) is 0 Å². The third kappa shape index (κ3) is 1.64. The first kappa shape index (κ1) is 11.3. The van der Waals surface area contributed by atoms with Crippen LogP contribution in [0.1, 0.15) is 37.1 Å². The van der Waals surface area contributed by atoms with Gasteiger partial charge in [0.1, 0.15) is 11.3 Å². The summed E-state index contributed by atoms with van der Waals surface area (Å²) >= 11 is 3.54. The number of likely N-dealkylation sites (N-methyl/N-ethyl adjacent to an activating group) is 1. The Morgan fingerprint density at radius 2 is 2.12 bits per heavy atom. The first-order valence-corrected chi connectivity index (χ1v) is 6.79. The van der Waals surface area contributed by atoms with Gasteiger partial charge in [-0.1, -0.05) is 22.9 Å². The van der Waals surface area contributed by atoms with E-state index >= 15 is 0 Å². The summed E-state index contributed by atoms with van der Waals surface area (Å²) in [5.74, 6) is 1.64. The van der Waals surface area contributed by atoms with E-state index < -0.39 is 0 Å². The smallest absolute Gasteiger partial charge is 0.134 e. The van der Waals surface area contributed by atoms with Crippen molar-refractivity contribution in [2.24, 2.45) is 0 Å². The van der Waals surface area contributed by atoms with Gasteiger partial charge in [0, 0.05) is 33.9 Å². The van der Waals surface area contributed by atoms with Gasteiger partial charge >= 0.3 is 0 Å². The zero-order valence-electron chi connectivity index (χ0n) is 10.3. The van der Waals surface area contributed by atoms with Gasteiger partial charge in [0.2, 0.25) is 0 Å². The van der Waals surface area contributed by atoms with Gasteiger partial charge in [0.25, 0.3) is 0 Å². The minimum absolute atomic E-state index is 0.428. The summed E-state index contributed by atoms with van der Waals surface area (Å²) in [5, 5.41) is 1.25. The monoisotopic (exact) mass is 293 g/mol. The Balaban J connectivity index is 2.31. The molecule has 1 aromatic heterocycles. The average Bonchev–Trinajstić information content (AvgIpc) is 2.65. The molecule has 2 atom stereocenters. The van der Waals surface area contributed by atoms with Crippen LogP contribution in [-0.4, -0.2) is 18.5 Å². The molecule has 0 radical (unpaired) electrons. The van der Waals surface area contributed by atoms with Crippen molar-refractivity contribution in [3.8, 4) is 0 Å². The second kappa shape index (κ2) is 3.85. The van der Waals surface area contributed by atoms with Gasteiger partial charge in [-0.3, -0.25) is 4.90 Å². The third-order valence-electron chi connectivity index (χ3n) is 3.81. The number of halogens is 1. The van der Waals surface area contributed by atoms with Crippen molar-refractivity contribution in [3.63, 3.8) is 0 Å². The van der Waals surface area contributed by atoms with Crippen LogP contribution < -0.4 is 0 Å². The van der Waals surface area contributed by atoms with Crippen LogP contribution in [0.15, 0.2) is 27.1 Å². The summed E-state index contributed by atoms with van der Waals surface area (Å²) in [4.78, 5) is 2.39. The van der Waals surface area contributed by atoms with Crippen molar-refractivity contribution in [2.75, 3.05) is 13.6 Å². The van der Waals surface area contributed by atoms with Gasteiger partial charge in [-0.05, 0) is 32.2 Å². The number of benzene rings is 1. The van der Waals surface area contributed by atoms with E-state index in [4.69, 9.17) is 4.42 Å². The third-order valence-corrected chi connectivity index (χ3v) is 4.30. The lowest BCUT2D eigenvalue weighted by Gasteiger charge is -2.32. The Labute approximate surface area is 110 Å². The summed E-state index contributed by atoms with van der Waals surface area (Å²) in [6, 6.07) is 6.69. The normalized spacial score (nSPS) is 25.2. The molecule has 0 saturated carbocycles. The van der Waals surface area contributed by atoms with Crippen LogP contribution in [0.2, 0.25) is 0 Å². The Morgan fingerprint density at radius 3 is 2.88 bits per heavy atom. The van der Waals surface area contributed by atoms with Crippen LogP contribution in [0.3, 0.4) is 0 Å². The lowest BCUT2D eigenvalue weighted by molar-refractivity contribution is 0.215. The molecule has 0 fully saturated rings. The molecule has 1 aliphatic rings. The minimum atomic E-state index is 0.428. The van der Waals surface area contributed by atoms with Crippen molar-refractivity contribution in [2.45, 2.75) is 25.8 Å². The van der Waals surface area contributed by atoms with Crippen LogP contribution in [0, 0.1) is 0 Å². The van der Waals surface area contributed by atoms with E-state index in [1.807, 2.05) is 6.07 Å². The zero-order valence-corrected chi connectivity index (χ0v) is 11.9. The van der Waals surface area contributed by atoms with E-state index in [-0.39, 0.29) is 0 Å². The van der Waals surface area contributed by atoms with Crippen molar-refractivity contribution in [1.82, 2.24) is 4.90 Å². The molecule has 3 heteroatoms. The highest BCUT2D eigenvalue weighted by molar-refractivity contribution is 9.10. The van der Waals surface area contributed by atoms with Gasteiger partial charge in [0.15, 0.2) is 0 Å². The van der Waals surface area contributed by atoms with Crippen LogP contribution in [-0.2, 0) is 0 Å². The molecule has 1 aliphatic heterocycles. The second-order valence-corrected chi connectivity index (χ2v) is 5.95. The first-order chi connectivity index (χ1) is 8.08. The molecule has 90 valence electrons. The lowest BCUT2D eigenvalue weighted by Crippen LogP contribution is -2.31. The molecular weight excluding hydrogens is 278 g/mol. The number of fused-ring (bicyclic) bond motifs is 3. The average molecular weight is 294 g/mol. The number of rotatable bonds is 0. The fourth-order valence-corrected chi connectivity index (χ4v) is 3.16. The van der Waals surface area contributed by atoms with E-state index in [2.05, 4.69) is 53.9 Å². The number of furan rings is 1. The highest BCUT2D eigenvalue weighted by atomic mass is 79.9. The molecular formula is C14H16BrNO. The van der Waals surface area contributed by atoms with Gasteiger partial charge in [-0.2, -0.15) is 0 Å². The Kier molecular flexibility index (Phi) is 2.56. The molecule has 0 N–H and O–H groups in total. The summed E-state index contributed by atoms with van der Waals surface area (Å²) in [5.41, 5.74) is 2.37. The quantitative estimate of drug-likeness (QED) is 0.720. The summed E-state index contributed by atoms with van der Waals surface area (Å²) in [6.45, 7) is 5.55. The predicted octanol–water partition coefficient (Wildman–Crippen LogP) is 4.31. The van der Waals surface area contributed by atoms with Crippen molar-refractivity contribution >= 4 is 26.9 Å². The highest BCUT2D eigenvalue weighted by Gasteiger charge is 2.31. The van der Waals surface area contributed by atoms with Crippen LogP contribution in [0.25, 0.3) is 11.0 Å². The second-order valence-electron chi connectivity index (χ2n) is 5.04. The van der Waals surface area contributed by atoms with E-state index in [9.17, 15) is 0 Å². The molecule has 2 heterocycles. The predicted molar refractivity (Wildman–Crippen MR) is 73.4 cm³/mol. The Hall–Kier alpha value is -0.800. The Bertz CT molecular complexity index is 575. The molecule has 0 bridgehead atoms. The van der Waals surface area contributed by atoms with Crippen LogP contribution in [0.5, 0.6) is 0 Å². The molecule has 2 aromatic rings. The molecule has 0 amide bonds. The summed E-state index contributed by atoms with van der Waals surface area (Å²) < 4.78 is 7.14. The maximum absolute atomic E-state index is 6.03. The topological polar surface area (TPSA) is 16.4 Å². The summed E-state index contributed by atoms with van der Waals surface area (Å²) in [7, 11) is 2.18. The van der Waals surface area contributed by atoms with Crippen molar-refractivity contribution < 1.29 is 4.42 Å². The first-order valence-electron chi connectivity index (χ1n) is 6.00. The standard InChI is InChI=1S/C14H16BrNO/c1-8-7-16(3)9(2)13-11-6-10(15)4-5-12(11)17-14(8)13/h4-6,8-9H,7H2,1-3H3. The maximum Gasteiger partial charge on any atom is 0.134 e. The molecule has 0 aliphatic carbocycles. The number of hydrogen-bond donors (Lipinski definition) is 0. The summed E-state index contributed by atoms with van der Waals surface area (Å²) in [6.07, 6.45) is 0. The maximum atomic E-state index is 6.03. The molecule has 3 rings (SSSR count). The van der Waals surface area contributed by atoms with Crippen LogP contribution in [0.4, 0.5) is 0 Å². The molecule has 0 spiro atoms. The fourth-order valence-electron chi connectivity index (χ4n) is 2.80. The zero-order chi connectivity index (χ0) is 12.2. The van der Waals surface area contributed by atoms with E-state index in [1.54, 1.807) is 0 Å². The van der Waals surface area contributed by atoms with Gasteiger partial charge in [-0.25, -0.2) is 0 Å². The van der Waals surface area contributed by atoms with Crippen molar-refractivity contribution in [1.29, 1.82) is 0 Å². The SMILES string of the molecule is CC1CN(C)C(C)c2c1oc1ccc(Br)cc21. The molecule has 2 unspecified atom stereocenters. The largest absolute Gasteiger partial charge is 0.460 e. The van der Waals surface area contributed by atoms with Gasteiger partial charge < -0.3 is 4.42 Å². The van der Waals surface area contributed by atoms with Crippen molar-refractivity contribution in [3.05, 3.63) is 34.0 Å². The van der Waals surface area contributed by atoms with E-state index in [0.717, 1.165) is 16.6 Å². The molecule has 2 nitrogen and oxygen atoms in total. The number of hydrogen-bond acceptors (Lipinski definition) is 2. The van der Waals surface area contributed by atoms with Crippen LogP contribution >= 0.6 is 15.9 Å². The fraction of sp³-hybridized carbons (Fsp3) is 0.429. The Morgan fingerprint density at radius 1 is 1.35 bits per heavy atom. The number of nitrogens with zero attached hydrogens (tertiary/aromatic N) is 1. The highest BCUT2D eigenvalue weighted by Crippen LogP contribution is 2.41. The van der Waals surface area contributed by atoms with Gasteiger partial charge in [0.05, 0.1) is 0 Å². The molecule has 1 aromatic carbocycles. The molecule has 0 saturated heterocycles. The minimum Gasteiger partial charge on any atom is -0.460 e. The van der Waals surface area contributed by atoms with E-state index in [1.165, 1.54) is 16.7 Å². The van der Waals surface area contributed by atoms with E-state index in [0.29, 0.717) is 12.0 Å². The molecule has 17 heavy (non-hydrogen) atoms. The lowest BCUT2D eigenvalue weighted by atomic mass is 9.92.